The van der Waals surface area contributed by atoms with Crippen molar-refractivity contribution in [3.05, 3.63) is 76.0 Å². The molecule has 0 aliphatic rings. The van der Waals surface area contributed by atoms with Gasteiger partial charge in [-0.15, -0.1) is 0 Å². The zero-order valence-corrected chi connectivity index (χ0v) is 14.9. The molecular formula is C18H14IN5. The molecule has 5 nitrogen and oxygen atoms in total. The predicted octanol–water partition coefficient (Wildman–Crippen LogP) is 4.29. The van der Waals surface area contributed by atoms with Gasteiger partial charge in [0.2, 0.25) is 0 Å². The molecule has 4 rings (SSSR count). The highest BCUT2D eigenvalue weighted by molar-refractivity contribution is 14.1. The van der Waals surface area contributed by atoms with Crippen LogP contribution in [-0.4, -0.2) is 19.9 Å². The SMILES string of the molecule is Ic1cncnc1Nc1ccc2nc(Cc3ccccc3)[nH]c2c1. The maximum Gasteiger partial charge on any atom is 0.147 e. The Morgan fingerprint density at radius 2 is 1.96 bits per heavy atom. The topological polar surface area (TPSA) is 66.5 Å². The molecule has 4 aromatic rings. The molecule has 0 saturated carbocycles. The van der Waals surface area contributed by atoms with Crippen LogP contribution >= 0.6 is 22.6 Å². The Bertz CT molecular complexity index is 981. The number of hydrogen-bond donors (Lipinski definition) is 2. The molecule has 2 N–H and O–H groups in total. The van der Waals surface area contributed by atoms with Gasteiger partial charge < -0.3 is 10.3 Å². The highest BCUT2D eigenvalue weighted by atomic mass is 127. The van der Waals surface area contributed by atoms with Gasteiger partial charge >= 0.3 is 0 Å². The standard InChI is InChI=1S/C18H14IN5/c19-14-10-20-11-21-18(14)22-13-6-7-15-16(9-13)24-17(23-15)8-12-4-2-1-3-5-12/h1-7,9-11H,8H2,(H,23,24)(H,20,21,22). The molecular weight excluding hydrogens is 413 g/mol. The molecule has 118 valence electrons. The Morgan fingerprint density at radius 1 is 1.08 bits per heavy atom. The fourth-order valence-electron chi connectivity index (χ4n) is 2.55. The van der Waals surface area contributed by atoms with E-state index in [0.717, 1.165) is 38.4 Å². The summed E-state index contributed by atoms with van der Waals surface area (Å²) >= 11 is 2.21. The summed E-state index contributed by atoms with van der Waals surface area (Å²) in [5.41, 5.74) is 4.18. The maximum atomic E-state index is 4.66. The summed E-state index contributed by atoms with van der Waals surface area (Å²) in [5.74, 6) is 1.76. The number of nitrogens with one attached hydrogen (secondary N) is 2. The van der Waals surface area contributed by atoms with Crippen LogP contribution in [0.3, 0.4) is 0 Å². The van der Waals surface area contributed by atoms with E-state index in [9.17, 15) is 0 Å². The molecule has 2 heterocycles. The molecule has 0 unspecified atom stereocenters. The molecule has 0 bridgehead atoms. The van der Waals surface area contributed by atoms with E-state index in [-0.39, 0.29) is 0 Å². The lowest BCUT2D eigenvalue weighted by atomic mass is 10.1. The summed E-state index contributed by atoms with van der Waals surface area (Å²) < 4.78 is 0.976. The van der Waals surface area contributed by atoms with Crippen LogP contribution in [0.15, 0.2) is 61.1 Å². The van der Waals surface area contributed by atoms with Crippen molar-refractivity contribution in [2.45, 2.75) is 6.42 Å². The minimum atomic E-state index is 0.794. The van der Waals surface area contributed by atoms with Gasteiger partial charge in [0, 0.05) is 18.3 Å². The van der Waals surface area contributed by atoms with Crippen molar-refractivity contribution in [2.75, 3.05) is 5.32 Å². The second kappa shape index (κ2) is 6.56. The van der Waals surface area contributed by atoms with Gasteiger partial charge in [0.1, 0.15) is 18.0 Å². The number of H-pyrrole nitrogens is 1. The first kappa shape index (κ1) is 15.1. The molecule has 0 saturated heterocycles. The zero-order valence-electron chi connectivity index (χ0n) is 12.7. The largest absolute Gasteiger partial charge is 0.342 e. The van der Waals surface area contributed by atoms with E-state index in [4.69, 9.17) is 0 Å². The van der Waals surface area contributed by atoms with E-state index in [2.05, 4.69) is 66.0 Å². The summed E-state index contributed by atoms with van der Waals surface area (Å²) in [7, 11) is 0. The fourth-order valence-corrected chi connectivity index (χ4v) is 2.99. The first-order valence-corrected chi connectivity index (χ1v) is 8.61. The van der Waals surface area contributed by atoms with Gasteiger partial charge in [0.05, 0.1) is 14.6 Å². The lowest BCUT2D eigenvalue weighted by Crippen LogP contribution is -1.96. The number of aromatic nitrogens is 4. The van der Waals surface area contributed by atoms with Crippen molar-refractivity contribution < 1.29 is 0 Å². The highest BCUT2D eigenvalue weighted by Crippen LogP contribution is 2.23. The molecule has 6 heteroatoms. The second-order valence-electron chi connectivity index (χ2n) is 5.42. The Kier molecular flexibility index (Phi) is 4.12. The summed E-state index contributed by atoms with van der Waals surface area (Å²) in [4.78, 5) is 16.3. The van der Waals surface area contributed by atoms with E-state index in [0.29, 0.717) is 0 Å². The Hall–Kier alpha value is -2.48. The minimum Gasteiger partial charge on any atom is -0.342 e. The van der Waals surface area contributed by atoms with Gasteiger partial charge in [-0.2, -0.15) is 0 Å². The van der Waals surface area contributed by atoms with Crippen LogP contribution in [0.4, 0.5) is 11.5 Å². The lowest BCUT2D eigenvalue weighted by Gasteiger charge is -2.06. The van der Waals surface area contributed by atoms with Gasteiger partial charge in [0.25, 0.3) is 0 Å². The average Bonchev–Trinajstić information content (AvgIpc) is 2.99. The average molecular weight is 427 g/mol. The number of benzene rings is 2. The van der Waals surface area contributed by atoms with Gasteiger partial charge in [-0.1, -0.05) is 30.3 Å². The third kappa shape index (κ3) is 3.23. The van der Waals surface area contributed by atoms with Crippen molar-refractivity contribution in [2.24, 2.45) is 0 Å². The first-order valence-electron chi connectivity index (χ1n) is 7.53. The number of fused-ring (bicyclic) bond motifs is 1. The molecule has 0 aliphatic heterocycles. The van der Waals surface area contributed by atoms with Crippen LogP contribution in [0.2, 0.25) is 0 Å². The van der Waals surface area contributed by atoms with Crippen molar-refractivity contribution in [1.29, 1.82) is 0 Å². The fraction of sp³-hybridized carbons (Fsp3) is 0.0556. The molecule has 24 heavy (non-hydrogen) atoms. The monoisotopic (exact) mass is 427 g/mol. The Morgan fingerprint density at radius 3 is 2.79 bits per heavy atom. The summed E-state index contributed by atoms with van der Waals surface area (Å²) in [5, 5.41) is 3.32. The van der Waals surface area contributed by atoms with Crippen LogP contribution < -0.4 is 5.32 Å². The van der Waals surface area contributed by atoms with E-state index in [1.807, 2.05) is 30.3 Å². The number of rotatable bonds is 4. The first-order chi connectivity index (χ1) is 11.8. The van der Waals surface area contributed by atoms with E-state index in [1.165, 1.54) is 11.9 Å². The van der Waals surface area contributed by atoms with Crippen molar-refractivity contribution in [3.8, 4) is 0 Å². The molecule has 2 aromatic heterocycles. The third-order valence-electron chi connectivity index (χ3n) is 3.68. The minimum absolute atomic E-state index is 0.794. The maximum absolute atomic E-state index is 4.66. The van der Waals surface area contributed by atoms with Crippen LogP contribution in [0, 0.1) is 3.57 Å². The van der Waals surface area contributed by atoms with Gasteiger partial charge in [-0.05, 0) is 46.4 Å². The molecule has 0 aliphatic carbocycles. The molecule has 0 spiro atoms. The summed E-state index contributed by atoms with van der Waals surface area (Å²) in [6, 6.07) is 16.4. The highest BCUT2D eigenvalue weighted by Gasteiger charge is 2.06. The Balaban J connectivity index is 1.60. The van der Waals surface area contributed by atoms with Crippen molar-refractivity contribution in [3.63, 3.8) is 0 Å². The number of hydrogen-bond acceptors (Lipinski definition) is 4. The quantitative estimate of drug-likeness (QED) is 0.477. The number of anilines is 2. The number of aromatic amines is 1. The lowest BCUT2D eigenvalue weighted by molar-refractivity contribution is 1.04. The third-order valence-corrected chi connectivity index (χ3v) is 4.47. The number of imidazole rings is 1. The molecule has 0 amide bonds. The van der Waals surface area contributed by atoms with Gasteiger partial charge in [-0.3, -0.25) is 0 Å². The van der Waals surface area contributed by atoms with E-state index >= 15 is 0 Å². The zero-order chi connectivity index (χ0) is 16.4. The van der Waals surface area contributed by atoms with Crippen molar-refractivity contribution in [1.82, 2.24) is 19.9 Å². The van der Waals surface area contributed by atoms with Crippen LogP contribution in [0.5, 0.6) is 0 Å². The molecule has 0 fully saturated rings. The molecule has 0 radical (unpaired) electrons. The van der Waals surface area contributed by atoms with E-state index < -0.39 is 0 Å². The van der Waals surface area contributed by atoms with Crippen LogP contribution in [-0.2, 0) is 6.42 Å². The van der Waals surface area contributed by atoms with Gasteiger partial charge in [-0.25, -0.2) is 15.0 Å². The van der Waals surface area contributed by atoms with Crippen LogP contribution in [0.25, 0.3) is 11.0 Å². The smallest absolute Gasteiger partial charge is 0.147 e. The molecule has 0 atom stereocenters. The van der Waals surface area contributed by atoms with Gasteiger partial charge in [0.15, 0.2) is 0 Å². The number of halogens is 1. The van der Waals surface area contributed by atoms with Crippen molar-refractivity contribution >= 4 is 45.1 Å². The molecule has 2 aromatic carbocycles. The second-order valence-corrected chi connectivity index (χ2v) is 6.58. The van der Waals surface area contributed by atoms with Crippen LogP contribution in [0.1, 0.15) is 11.4 Å². The summed E-state index contributed by atoms with van der Waals surface area (Å²) in [6.45, 7) is 0. The number of nitrogens with zero attached hydrogens (tertiary/aromatic N) is 3. The summed E-state index contributed by atoms with van der Waals surface area (Å²) in [6.07, 6.45) is 4.11. The van der Waals surface area contributed by atoms with E-state index in [1.54, 1.807) is 6.20 Å². The predicted molar refractivity (Wildman–Crippen MR) is 103 cm³/mol. The normalized spacial score (nSPS) is 10.9. The Labute approximate surface area is 152 Å².